The molecule has 2 aromatic rings. The standard InChI is InChI=1S/C15H14F2N2O3/c16-11-8-10-12(7-9(11)4-5-14(20)21)19(18-15(10)17)13-3-1-2-6-22-13/h4-5,7-8,13H,1-3,6H2,(H,20,21)/b5-4+. The largest absolute Gasteiger partial charge is 0.478 e. The first-order valence-corrected chi connectivity index (χ1v) is 6.96. The summed E-state index contributed by atoms with van der Waals surface area (Å²) >= 11 is 0. The molecule has 1 aromatic heterocycles. The Labute approximate surface area is 124 Å². The minimum atomic E-state index is -1.19. The first-order chi connectivity index (χ1) is 10.6. The van der Waals surface area contributed by atoms with E-state index in [0.29, 0.717) is 18.5 Å². The van der Waals surface area contributed by atoms with Crippen LogP contribution >= 0.6 is 0 Å². The van der Waals surface area contributed by atoms with Crippen molar-refractivity contribution in [1.29, 1.82) is 0 Å². The molecule has 1 saturated heterocycles. The molecule has 1 atom stereocenters. The van der Waals surface area contributed by atoms with E-state index in [4.69, 9.17) is 9.84 Å². The zero-order valence-electron chi connectivity index (χ0n) is 11.6. The summed E-state index contributed by atoms with van der Waals surface area (Å²) in [6.45, 7) is 0.570. The zero-order chi connectivity index (χ0) is 15.7. The van der Waals surface area contributed by atoms with Gasteiger partial charge in [0.2, 0.25) is 5.95 Å². The average Bonchev–Trinajstić information content (AvgIpc) is 2.82. The van der Waals surface area contributed by atoms with Crippen LogP contribution in [-0.4, -0.2) is 27.5 Å². The third-order valence-electron chi connectivity index (χ3n) is 3.61. The van der Waals surface area contributed by atoms with Gasteiger partial charge < -0.3 is 9.84 Å². The molecule has 1 aromatic carbocycles. The van der Waals surface area contributed by atoms with Crippen LogP contribution in [0.3, 0.4) is 0 Å². The number of rotatable bonds is 3. The van der Waals surface area contributed by atoms with E-state index in [1.165, 1.54) is 10.7 Å². The third-order valence-corrected chi connectivity index (χ3v) is 3.61. The first kappa shape index (κ1) is 14.6. The number of hydrogen-bond acceptors (Lipinski definition) is 3. The molecule has 0 amide bonds. The van der Waals surface area contributed by atoms with Crippen molar-refractivity contribution < 1.29 is 23.4 Å². The molecule has 116 valence electrons. The van der Waals surface area contributed by atoms with Gasteiger partial charge in [-0.1, -0.05) is 0 Å². The second-order valence-electron chi connectivity index (χ2n) is 5.12. The van der Waals surface area contributed by atoms with Gasteiger partial charge in [-0.15, -0.1) is 5.10 Å². The number of ether oxygens (including phenoxy) is 1. The van der Waals surface area contributed by atoms with E-state index in [1.807, 2.05) is 0 Å². The van der Waals surface area contributed by atoms with E-state index in [2.05, 4.69) is 5.10 Å². The van der Waals surface area contributed by atoms with Gasteiger partial charge in [0.25, 0.3) is 0 Å². The lowest BCUT2D eigenvalue weighted by molar-refractivity contribution is -0.131. The molecule has 0 radical (unpaired) electrons. The van der Waals surface area contributed by atoms with Crippen LogP contribution in [0.5, 0.6) is 0 Å². The highest BCUT2D eigenvalue weighted by molar-refractivity contribution is 5.87. The monoisotopic (exact) mass is 308 g/mol. The smallest absolute Gasteiger partial charge is 0.328 e. The Hall–Kier alpha value is -2.28. The van der Waals surface area contributed by atoms with Gasteiger partial charge in [0, 0.05) is 18.2 Å². The second-order valence-corrected chi connectivity index (χ2v) is 5.12. The number of fused-ring (bicyclic) bond motifs is 1. The Bertz CT molecular complexity index is 749. The zero-order valence-corrected chi connectivity index (χ0v) is 11.6. The molecule has 3 rings (SSSR count). The van der Waals surface area contributed by atoms with Crippen molar-refractivity contribution in [3.8, 4) is 0 Å². The van der Waals surface area contributed by atoms with Gasteiger partial charge in [0.05, 0.1) is 10.9 Å². The van der Waals surface area contributed by atoms with Gasteiger partial charge >= 0.3 is 5.97 Å². The van der Waals surface area contributed by atoms with Crippen LogP contribution in [0.4, 0.5) is 8.78 Å². The van der Waals surface area contributed by atoms with Gasteiger partial charge in [-0.2, -0.15) is 4.39 Å². The topological polar surface area (TPSA) is 64.3 Å². The maximum Gasteiger partial charge on any atom is 0.328 e. The molecular formula is C15H14F2N2O3. The molecule has 5 nitrogen and oxygen atoms in total. The summed E-state index contributed by atoms with van der Waals surface area (Å²) in [7, 11) is 0. The molecular weight excluding hydrogens is 294 g/mol. The number of aliphatic carboxylic acids is 1. The fourth-order valence-corrected chi connectivity index (χ4v) is 2.56. The van der Waals surface area contributed by atoms with Gasteiger partial charge in [-0.3, -0.25) is 0 Å². The summed E-state index contributed by atoms with van der Waals surface area (Å²) in [5.41, 5.74) is 0.447. The van der Waals surface area contributed by atoms with Gasteiger partial charge in [-0.05, 0) is 37.5 Å². The number of carboxylic acids is 1. The highest BCUT2D eigenvalue weighted by atomic mass is 19.1. The van der Waals surface area contributed by atoms with Crippen molar-refractivity contribution in [1.82, 2.24) is 9.78 Å². The summed E-state index contributed by atoms with van der Waals surface area (Å²) in [5.74, 6) is -2.65. The number of halogens is 2. The van der Waals surface area contributed by atoms with Gasteiger partial charge in [-0.25, -0.2) is 13.9 Å². The molecule has 1 N–H and O–H groups in total. The average molecular weight is 308 g/mol. The number of nitrogens with zero attached hydrogens (tertiary/aromatic N) is 2. The Morgan fingerprint density at radius 2 is 2.23 bits per heavy atom. The van der Waals surface area contributed by atoms with Crippen LogP contribution in [0.1, 0.15) is 31.1 Å². The van der Waals surface area contributed by atoms with Gasteiger partial charge in [0.1, 0.15) is 5.82 Å². The van der Waals surface area contributed by atoms with E-state index in [0.717, 1.165) is 31.1 Å². The molecule has 1 aliphatic rings. The Balaban J connectivity index is 2.09. The van der Waals surface area contributed by atoms with E-state index in [1.54, 1.807) is 0 Å². The number of aromatic nitrogens is 2. The quantitative estimate of drug-likeness (QED) is 0.885. The summed E-state index contributed by atoms with van der Waals surface area (Å²) in [6.07, 6.45) is 4.17. The van der Waals surface area contributed by atoms with E-state index < -0.39 is 17.7 Å². The maximum atomic E-state index is 13.9. The van der Waals surface area contributed by atoms with E-state index >= 15 is 0 Å². The van der Waals surface area contributed by atoms with Crippen molar-refractivity contribution in [3.05, 3.63) is 35.5 Å². The van der Waals surface area contributed by atoms with E-state index in [9.17, 15) is 13.6 Å². The fourth-order valence-electron chi connectivity index (χ4n) is 2.56. The van der Waals surface area contributed by atoms with Crippen LogP contribution in [0.25, 0.3) is 17.0 Å². The number of carboxylic acid groups (broad SMARTS) is 1. The fraction of sp³-hybridized carbons (Fsp3) is 0.333. The summed E-state index contributed by atoms with van der Waals surface area (Å²) in [6, 6.07) is 2.41. The second kappa shape index (κ2) is 5.84. The normalized spacial score (nSPS) is 19.1. The Morgan fingerprint density at radius 1 is 1.41 bits per heavy atom. The van der Waals surface area contributed by atoms with Crippen molar-refractivity contribution in [3.63, 3.8) is 0 Å². The van der Waals surface area contributed by atoms with Gasteiger partial charge in [0.15, 0.2) is 6.23 Å². The van der Waals surface area contributed by atoms with Crippen molar-refractivity contribution in [2.75, 3.05) is 6.61 Å². The predicted molar refractivity (Wildman–Crippen MR) is 75.2 cm³/mol. The van der Waals surface area contributed by atoms with Crippen LogP contribution in [0.2, 0.25) is 0 Å². The first-order valence-electron chi connectivity index (χ1n) is 6.96. The van der Waals surface area contributed by atoms with E-state index in [-0.39, 0.29) is 17.2 Å². The van der Waals surface area contributed by atoms with Crippen LogP contribution in [0.15, 0.2) is 18.2 Å². The number of carbonyl (C=O) groups is 1. The highest BCUT2D eigenvalue weighted by Gasteiger charge is 2.22. The SMILES string of the molecule is O=C(O)/C=C/c1cc2c(cc1F)c(F)nn2C1CCCCO1. The predicted octanol–water partition coefficient (Wildman–Crippen LogP) is 3.11. The Morgan fingerprint density at radius 3 is 2.91 bits per heavy atom. The molecule has 1 fully saturated rings. The molecule has 0 saturated carbocycles. The number of benzene rings is 1. The third kappa shape index (κ3) is 2.71. The minimum absolute atomic E-state index is 0.0548. The lowest BCUT2D eigenvalue weighted by atomic mass is 10.1. The highest BCUT2D eigenvalue weighted by Crippen LogP contribution is 2.29. The molecule has 1 aliphatic heterocycles. The molecule has 22 heavy (non-hydrogen) atoms. The van der Waals surface area contributed by atoms with Crippen LogP contribution < -0.4 is 0 Å². The van der Waals surface area contributed by atoms with Crippen LogP contribution in [0, 0.1) is 11.8 Å². The lowest BCUT2D eigenvalue weighted by Gasteiger charge is -2.23. The molecule has 7 heteroatoms. The molecule has 0 bridgehead atoms. The molecule has 0 spiro atoms. The number of hydrogen-bond donors (Lipinski definition) is 1. The van der Waals surface area contributed by atoms with Crippen molar-refractivity contribution >= 4 is 22.9 Å². The van der Waals surface area contributed by atoms with Crippen molar-refractivity contribution in [2.24, 2.45) is 0 Å². The summed E-state index contributed by atoms with van der Waals surface area (Å²) < 4.78 is 34.8. The maximum absolute atomic E-state index is 13.9. The molecule has 0 aliphatic carbocycles. The summed E-state index contributed by atoms with van der Waals surface area (Å²) in [4.78, 5) is 10.6. The summed E-state index contributed by atoms with van der Waals surface area (Å²) in [5, 5.41) is 12.5. The minimum Gasteiger partial charge on any atom is -0.478 e. The van der Waals surface area contributed by atoms with Crippen LogP contribution in [-0.2, 0) is 9.53 Å². The van der Waals surface area contributed by atoms with Crippen molar-refractivity contribution in [2.45, 2.75) is 25.5 Å². The molecule has 2 heterocycles. The lowest BCUT2D eigenvalue weighted by Crippen LogP contribution is -2.19. The molecule has 1 unspecified atom stereocenters. The Kier molecular flexibility index (Phi) is 3.89.